The second-order valence-corrected chi connectivity index (χ2v) is 7.07. The fourth-order valence-corrected chi connectivity index (χ4v) is 3.29. The minimum atomic E-state index is 0.00643. The first kappa shape index (κ1) is 20.3. The summed E-state index contributed by atoms with van der Waals surface area (Å²) in [6, 6.07) is 7.93. The molecule has 1 atom stereocenters. The van der Waals surface area contributed by atoms with Crippen LogP contribution in [0.3, 0.4) is 0 Å². The normalized spacial score (nSPS) is 16.7. The molecule has 0 bridgehead atoms. The van der Waals surface area contributed by atoms with Gasteiger partial charge in [0.2, 0.25) is 17.7 Å². The number of benzene rings is 1. The summed E-state index contributed by atoms with van der Waals surface area (Å²) < 4.78 is 16.6. The van der Waals surface area contributed by atoms with Crippen LogP contribution in [0.5, 0.6) is 5.75 Å². The molecule has 2 aromatic rings. The number of ether oxygens (including phenoxy) is 2. The highest BCUT2D eigenvalue weighted by Crippen LogP contribution is 2.16. The Hall–Kier alpha value is -2.41. The number of carbonyl (C=O) groups is 1. The van der Waals surface area contributed by atoms with Gasteiger partial charge in [-0.2, -0.15) is 0 Å². The van der Waals surface area contributed by atoms with Crippen molar-refractivity contribution in [3.8, 4) is 5.75 Å². The number of hydrogen-bond acceptors (Lipinski definition) is 6. The van der Waals surface area contributed by atoms with E-state index in [-0.39, 0.29) is 12.0 Å². The van der Waals surface area contributed by atoms with Crippen LogP contribution in [0.4, 0.5) is 0 Å². The lowest BCUT2D eigenvalue weighted by atomic mass is 10.1. The molecule has 1 fully saturated rings. The first-order chi connectivity index (χ1) is 13.7. The largest absolute Gasteiger partial charge is 0.497 e. The Bertz CT molecular complexity index is 741. The third-order valence-corrected chi connectivity index (χ3v) is 4.90. The lowest BCUT2D eigenvalue weighted by molar-refractivity contribution is -0.121. The SMILES string of the molecule is COc1cccc(CCc2nnc(CCC(=O)NCC[C@H]3CCCCO3)o2)c1. The van der Waals surface area contributed by atoms with E-state index in [4.69, 9.17) is 13.9 Å². The maximum absolute atomic E-state index is 12.0. The smallest absolute Gasteiger partial charge is 0.220 e. The Balaban J connectivity index is 1.34. The summed E-state index contributed by atoms with van der Waals surface area (Å²) >= 11 is 0. The number of hydrogen-bond donors (Lipinski definition) is 1. The lowest BCUT2D eigenvalue weighted by Gasteiger charge is -2.22. The van der Waals surface area contributed by atoms with Crippen molar-refractivity contribution in [1.29, 1.82) is 0 Å². The summed E-state index contributed by atoms with van der Waals surface area (Å²) in [4.78, 5) is 12.0. The molecule has 0 radical (unpaired) electrons. The van der Waals surface area contributed by atoms with E-state index in [2.05, 4.69) is 15.5 Å². The van der Waals surface area contributed by atoms with Crippen LogP contribution in [0.1, 0.15) is 49.4 Å². The Kier molecular flexibility index (Phi) is 7.84. The van der Waals surface area contributed by atoms with Gasteiger partial charge >= 0.3 is 0 Å². The quantitative estimate of drug-likeness (QED) is 0.675. The Morgan fingerprint density at radius 1 is 1.21 bits per heavy atom. The zero-order chi connectivity index (χ0) is 19.6. The van der Waals surface area contributed by atoms with Crippen LogP contribution >= 0.6 is 0 Å². The van der Waals surface area contributed by atoms with Crippen LogP contribution in [0.15, 0.2) is 28.7 Å². The van der Waals surface area contributed by atoms with Crippen molar-refractivity contribution in [3.63, 3.8) is 0 Å². The van der Waals surface area contributed by atoms with E-state index < -0.39 is 0 Å². The number of nitrogens with one attached hydrogen (secondary N) is 1. The van der Waals surface area contributed by atoms with Crippen molar-refractivity contribution in [1.82, 2.24) is 15.5 Å². The molecule has 0 unspecified atom stereocenters. The fourth-order valence-electron chi connectivity index (χ4n) is 3.29. The van der Waals surface area contributed by atoms with E-state index in [9.17, 15) is 4.79 Å². The van der Waals surface area contributed by atoms with Crippen molar-refractivity contribution < 1.29 is 18.7 Å². The number of amides is 1. The summed E-state index contributed by atoms with van der Waals surface area (Å²) in [5.41, 5.74) is 1.15. The van der Waals surface area contributed by atoms with Crippen LogP contribution in [-0.2, 0) is 28.8 Å². The van der Waals surface area contributed by atoms with E-state index in [1.54, 1.807) is 7.11 Å². The molecule has 0 saturated carbocycles. The highest BCUT2D eigenvalue weighted by molar-refractivity contribution is 5.75. The van der Waals surface area contributed by atoms with Crippen LogP contribution < -0.4 is 10.1 Å². The van der Waals surface area contributed by atoms with Crippen molar-refractivity contribution in [2.75, 3.05) is 20.3 Å². The third-order valence-electron chi connectivity index (χ3n) is 4.90. The molecule has 1 aromatic heterocycles. The van der Waals surface area contributed by atoms with Crippen molar-refractivity contribution in [2.24, 2.45) is 0 Å². The van der Waals surface area contributed by atoms with Crippen molar-refractivity contribution >= 4 is 5.91 Å². The van der Waals surface area contributed by atoms with Gasteiger partial charge < -0.3 is 19.2 Å². The molecule has 7 heteroatoms. The lowest BCUT2D eigenvalue weighted by Crippen LogP contribution is -2.29. The first-order valence-electron chi connectivity index (χ1n) is 10.1. The minimum absolute atomic E-state index is 0.00643. The van der Waals surface area contributed by atoms with E-state index in [1.165, 1.54) is 6.42 Å². The molecule has 1 aliphatic heterocycles. The number of carbonyl (C=O) groups excluding carboxylic acids is 1. The topological polar surface area (TPSA) is 86.5 Å². The first-order valence-corrected chi connectivity index (χ1v) is 10.1. The van der Waals surface area contributed by atoms with Crippen molar-refractivity contribution in [2.45, 2.75) is 57.5 Å². The molecule has 28 heavy (non-hydrogen) atoms. The number of aromatic nitrogens is 2. The summed E-state index contributed by atoms with van der Waals surface area (Å²) in [6.45, 7) is 1.50. The van der Waals surface area contributed by atoms with Crippen molar-refractivity contribution in [3.05, 3.63) is 41.6 Å². The number of aryl methyl sites for hydroxylation is 3. The van der Waals surface area contributed by atoms with E-state index in [0.717, 1.165) is 43.6 Å². The Labute approximate surface area is 165 Å². The van der Waals surface area contributed by atoms with Gasteiger partial charge in [-0.3, -0.25) is 4.79 Å². The molecular weight excluding hydrogens is 358 g/mol. The Morgan fingerprint density at radius 3 is 2.86 bits per heavy atom. The van der Waals surface area contributed by atoms with Gasteiger partial charge in [0, 0.05) is 32.4 Å². The maximum Gasteiger partial charge on any atom is 0.220 e. The highest BCUT2D eigenvalue weighted by atomic mass is 16.5. The predicted octanol–water partition coefficient (Wildman–Crippen LogP) is 2.87. The van der Waals surface area contributed by atoms with Gasteiger partial charge in [-0.25, -0.2) is 0 Å². The summed E-state index contributed by atoms with van der Waals surface area (Å²) in [5, 5.41) is 11.1. The van der Waals surface area contributed by atoms with Gasteiger partial charge in [-0.1, -0.05) is 12.1 Å². The molecule has 1 aliphatic rings. The molecule has 152 valence electrons. The molecule has 1 amide bonds. The monoisotopic (exact) mass is 387 g/mol. The molecule has 3 rings (SSSR count). The van der Waals surface area contributed by atoms with Gasteiger partial charge in [0.05, 0.1) is 13.2 Å². The van der Waals surface area contributed by atoms with E-state index in [0.29, 0.717) is 37.6 Å². The standard InChI is InChI=1S/C21H29N3O4/c1-26-18-7-4-5-16(15-18)8-10-20-23-24-21(28-20)11-9-19(25)22-13-12-17-6-2-3-14-27-17/h4-5,7,15,17H,2-3,6,8-14H2,1H3,(H,22,25)/t17-/m1/s1. The van der Waals surface area contributed by atoms with Gasteiger partial charge in [0.15, 0.2) is 0 Å². The minimum Gasteiger partial charge on any atom is -0.497 e. The second kappa shape index (κ2) is 10.8. The summed E-state index contributed by atoms with van der Waals surface area (Å²) in [5.74, 6) is 1.94. The molecule has 0 spiro atoms. The number of methoxy groups -OCH3 is 1. The summed E-state index contributed by atoms with van der Waals surface area (Å²) in [7, 11) is 1.66. The maximum atomic E-state index is 12.0. The van der Waals surface area contributed by atoms with Gasteiger partial charge in [-0.15, -0.1) is 10.2 Å². The molecule has 2 heterocycles. The molecule has 1 saturated heterocycles. The highest BCUT2D eigenvalue weighted by Gasteiger charge is 2.14. The van der Waals surface area contributed by atoms with Gasteiger partial charge in [0.1, 0.15) is 5.75 Å². The second-order valence-electron chi connectivity index (χ2n) is 7.07. The van der Waals surface area contributed by atoms with Crippen LogP contribution in [-0.4, -0.2) is 42.5 Å². The number of nitrogens with zero attached hydrogens (tertiary/aromatic N) is 2. The zero-order valence-corrected chi connectivity index (χ0v) is 16.5. The van der Waals surface area contributed by atoms with E-state index in [1.807, 2.05) is 24.3 Å². The van der Waals surface area contributed by atoms with Gasteiger partial charge in [-0.05, 0) is 49.8 Å². The van der Waals surface area contributed by atoms with Crippen LogP contribution in [0.25, 0.3) is 0 Å². The average molecular weight is 387 g/mol. The molecule has 0 aliphatic carbocycles. The third kappa shape index (κ3) is 6.64. The summed E-state index contributed by atoms with van der Waals surface area (Å²) in [6.07, 6.45) is 6.89. The predicted molar refractivity (Wildman–Crippen MR) is 104 cm³/mol. The number of rotatable bonds is 10. The Morgan fingerprint density at radius 2 is 2.07 bits per heavy atom. The zero-order valence-electron chi connectivity index (χ0n) is 16.5. The molecule has 1 N–H and O–H groups in total. The fraction of sp³-hybridized carbons (Fsp3) is 0.571. The molecular formula is C21H29N3O4. The van der Waals surface area contributed by atoms with Gasteiger partial charge in [0.25, 0.3) is 0 Å². The molecule has 7 nitrogen and oxygen atoms in total. The van der Waals surface area contributed by atoms with Crippen LogP contribution in [0, 0.1) is 0 Å². The average Bonchev–Trinajstić information content (AvgIpc) is 3.20. The van der Waals surface area contributed by atoms with E-state index >= 15 is 0 Å². The molecule has 1 aromatic carbocycles. The van der Waals surface area contributed by atoms with Crippen LogP contribution in [0.2, 0.25) is 0 Å².